The second kappa shape index (κ2) is 6.39. The van der Waals surface area contributed by atoms with Gasteiger partial charge in [0.05, 0.1) is 0 Å². The van der Waals surface area contributed by atoms with Gasteiger partial charge in [0.25, 0.3) is 5.91 Å². The van der Waals surface area contributed by atoms with Crippen molar-refractivity contribution in [1.82, 2.24) is 10.2 Å². The molecule has 0 bridgehead atoms. The number of amides is 1. The highest BCUT2D eigenvalue weighted by atomic mass is 127. The topological polar surface area (TPSA) is 57.8 Å². The average Bonchev–Trinajstić information content (AvgIpc) is 2.80. The largest absolute Gasteiger partial charge is 0.320 e. The van der Waals surface area contributed by atoms with Crippen LogP contribution in [0.3, 0.4) is 0 Å². The van der Waals surface area contributed by atoms with Gasteiger partial charge in [-0.2, -0.15) is 5.10 Å². The summed E-state index contributed by atoms with van der Waals surface area (Å²) in [5.41, 5.74) is 3.29. The van der Waals surface area contributed by atoms with Crippen molar-refractivity contribution in [3.63, 3.8) is 0 Å². The molecular formula is C15H18IN3O. The zero-order valence-electron chi connectivity index (χ0n) is 11.8. The molecule has 20 heavy (non-hydrogen) atoms. The molecule has 4 nitrogen and oxygen atoms in total. The molecule has 0 radical (unpaired) electrons. The average molecular weight is 383 g/mol. The molecule has 0 spiro atoms. The Bertz CT molecular complexity index is 619. The van der Waals surface area contributed by atoms with Crippen LogP contribution in [-0.4, -0.2) is 16.1 Å². The fraction of sp³-hybridized carbons (Fsp3) is 0.333. The lowest BCUT2D eigenvalue weighted by molar-refractivity contribution is 0.102. The van der Waals surface area contributed by atoms with Gasteiger partial charge in [-0.3, -0.25) is 9.89 Å². The molecule has 2 aromatic rings. The number of nitrogens with one attached hydrogen (secondary N) is 2. The Morgan fingerprint density at radius 1 is 1.40 bits per heavy atom. The molecule has 0 saturated carbocycles. The van der Waals surface area contributed by atoms with Crippen molar-refractivity contribution in [3.8, 4) is 0 Å². The number of benzene rings is 1. The molecule has 1 aromatic heterocycles. The number of hydrogen-bond donors (Lipinski definition) is 2. The van der Waals surface area contributed by atoms with Crippen molar-refractivity contribution in [2.24, 2.45) is 5.92 Å². The monoisotopic (exact) mass is 383 g/mol. The first-order valence-corrected chi connectivity index (χ1v) is 7.65. The van der Waals surface area contributed by atoms with Crippen LogP contribution in [0.4, 0.5) is 5.69 Å². The van der Waals surface area contributed by atoms with E-state index in [2.05, 4.69) is 52.0 Å². The molecule has 1 aromatic carbocycles. The minimum atomic E-state index is -0.180. The van der Waals surface area contributed by atoms with Crippen molar-refractivity contribution >= 4 is 34.2 Å². The number of anilines is 1. The molecule has 0 aliphatic heterocycles. The fourth-order valence-corrected chi connectivity index (χ4v) is 2.62. The van der Waals surface area contributed by atoms with Gasteiger partial charge in [-0.1, -0.05) is 13.8 Å². The van der Waals surface area contributed by atoms with Crippen LogP contribution >= 0.6 is 22.6 Å². The second-order valence-electron chi connectivity index (χ2n) is 5.29. The van der Waals surface area contributed by atoms with Crippen molar-refractivity contribution < 1.29 is 4.79 Å². The molecule has 0 fully saturated rings. The van der Waals surface area contributed by atoms with Gasteiger partial charge in [0, 0.05) is 15.0 Å². The van der Waals surface area contributed by atoms with E-state index in [9.17, 15) is 4.79 Å². The Labute approximate surface area is 132 Å². The third kappa shape index (κ3) is 3.82. The highest BCUT2D eigenvalue weighted by Gasteiger charge is 2.12. The quantitative estimate of drug-likeness (QED) is 0.790. The highest BCUT2D eigenvalue weighted by molar-refractivity contribution is 14.1. The molecule has 2 rings (SSSR count). The van der Waals surface area contributed by atoms with Crippen molar-refractivity contribution in [3.05, 3.63) is 44.8 Å². The van der Waals surface area contributed by atoms with Crippen LogP contribution in [0.25, 0.3) is 0 Å². The van der Waals surface area contributed by atoms with Gasteiger partial charge in [-0.15, -0.1) is 0 Å². The molecule has 0 saturated heterocycles. The van der Waals surface area contributed by atoms with Gasteiger partial charge < -0.3 is 5.32 Å². The summed E-state index contributed by atoms with van der Waals surface area (Å²) in [5, 5.41) is 9.89. The van der Waals surface area contributed by atoms with Gasteiger partial charge in [-0.05, 0) is 71.7 Å². The van der Waals surface area contributed by atoms with Crippen LogP contribution < -0.4 is 5.32 Å². The minimum Gasteiger partial charge on any atom is -0.320 e. The van der Waals surface area contributed by atoms with E-state index in [1.165, 1.54) is 0 Å². The number of aromatic amines is 1. The Balaban J connectivity index is 2.09. The Kier molecular flexibility index (Phi) is 4.80. The lowest BCUT2D eigenvalue weighted by atomic mass is 10.1. The van der Waals surface area contributed by atoms with E-state index in [1.54, 1.807) is 0 Å². The van der Waals surface area contributed by atoms with Crippen LogP contribution in [0.2, 0.25) is 0 Å². The smallest absolute Gasteiger partial charge is 0.276 e. The molecule has 0 aliphatic carbocycles. The molecule has 0 unspecified atom stereocenters. The normalized spacial score (nSPS) is 10.8. The lowest BCUT2D eigenvalue weighted by Crippen LogP contribution is -2.13. The van der Waals surface area contributed by atoms with E-state index >= 15 is 0 Å². The van der Waals surface area contributed by atoms with Gasteiger partial charge in [-0.25, -0.2) is 0 Å². The highest BCUT2D eigenvalue weighted by Crippen LogP contribution is 2.18. The molecule has 5 heteroatoms. The zero-order valence-corrected chi connectivity index (χ0v) is 14.0. The summed E-state index contributed by atoms with van der Waals surface area (Å²) in [6.45, 7) is 6.25. The van der Waals surface area contributed by atoms with Crippen LogP contribution in [0, 0.1) is 16.4 Å². The van der Waals surface area contributed by atoms with Crippen LogP contribution in [0.15, 0.2) is 24.3 Å². The van der Waals surface area contributed by atoms with Crippen molar-refractivity contribution in [2.45, 2.75) is 27.2 Å². The number of H-pyrrole nitrogens is 1. The van der Waals surface area contributed by atoms with Gasteiger partial charge in [0.15, 0.2) is 5.69 Å². The molecule has 1 amide bonds. The molecule has 1 heterocycles. The third-order valence-electron chi connectivity index (χ3n) is 2.93. The van der Waals surface area contributed by atoms with E-state index in [0.29, 0.717) is 11.6 Å². The number of carbonyl (C=O) groups excluding carboxylic acids is 1. The molecular weight excluding hydrogens is 365 g/mol. The van der Waals surface area contributed by atoms with E-state index in [-0.39, 0.29) is 5.91 Å². The summed E-state index contributed by atoms with van der Waals surface area (Å²) in [4.78, 5) is 12.2. The predicted molar refractivity (Wildman–Crippen MR) is 89.0 cm³/mol. The summed E-state index contributed by atoms with van der Waals surface area (Å²) >= 11 is 2.25. The SMILES string of the molecule is Cc1cc(I)ccc1NC(=O)c1cc(CC(C)C)[nH]n1. The molecule has 0 atom stereocenters. The number of carbonyl (C=O) groups is 1. The summed E-state index contributed by atoms with van der Waals surface area (Å²) in [7, 11) is 0. The number of hydrogen-bond acceptors (Lipinski definition) is 2. The molecule has 106 valence electrons. The zero-order chi connectivity index (χ0) is 14.7. The van der Waals surface area contributed by atoms with Gasteiger partial charge in [0.1, 0.15) is 0 Å². The van der Waals surface area contributed by atoms with Gasteiger partial charge in [0.2, 0.25) is 0 Å². The maximum atomic E-state index is 12.2. The van der Waals surface area contributed by atoms with E-state index < -0.39 is 0 Å². The van der Waals surface area contributed by atoms with Crippen LogP contribution in [0.5, 0.6) is 0 Å². The van der Waals surface area contributed by atoms with Gasteiger partial charge >= 0.3 is 0 Å². The first kappa shape index (κ1) is 15.0. The van der Waals surface area contributed by atoms with Crippen LogP contribution in [0.1, 0.15) is 35.6 Å². The predicted octanol–water partition coefficient (Wildman–Crippen LogP) is 3.77. The van der Waals surface area contributed by atoms with Crippen molar-refractivity contribution in [1.29, 1.82) is 0 Å². The van der Waals surface area contributed by atoms with E-state index in [4.69, 9.17) is 0 Å². The molecule has 0 aliphatic rings. The summed E-state index contributed by atoms with van der Waals surface area (Å²) in [6, 6.07) is 7.73. The summed E-state index contributed by atoms with van der Waals surface area (Å²) < 4.78 is 1.15. The minimum absolute atomic E-state index is 0.180. The number of nitrogens with zero attached hydrogens (tertiary/aromatic N) is 1. The maximum Gasteiger partial charge on any atom is 0.276 e. The Morgan fingerprint density at radius 2 is 2.15 bits per heavy atom. The third-order valence-corrected chi connectivity index (χ3v) is 3.60. The summed E-state index contributed by atoms with van der Waals surface area (Å²) in [5.74, 6) is 0.352. The second-order valence-corrected chi connectivity index (χ2v) is 6.54. The number of aromatic nitrogens is 2. The standard InChI is InChI=1S/C15H18IN3O/c1-9(2)6-12-8-14(19-18-12)15(20)17-13-5-4-11(16)7-10(13)3/h4-5,7-9H,6H2,1-3H3,(H,17,20)(H,18,19). The number of halogens is 1. The molecule has 2 N–H and O–H groups in total. The van der Waals surface area contributed by atoms with Crippen molar-refractivity contribution in [2.75, 3.05) is 5.32 Å². The van der Waals surface area contributed by atoms with Crippen LogP contribution in [-0.2, 0) is 6.42 Å². The van der Waals surface area contributed by atoms with E-state index in [0.717, 1.165) is 26.9 Å². The number of aryl methyl sites for hydroxylation is 1. The first-order chi connectivity index (χ1) is 9.45. The number of rotatable bonds is 4. The Morgan fingerprint density at radius 3 is 2.80 bits per heavy atom. The fourth-order valence-electron chi connectivity index (χ4n) is 1.98. The van der Waals surface area contributed by atoms with E-state index in [1.807, 2.05) is 31.2 Å². The first-order valence-electron chi connectivity index (χ1n) is 6.57. The lowest BCUT2D eigenvalue weighted by Gasteiger charge is -2.07. The maximum absolute atomic E-state index is 12.2. The summed E-state index contributed by atoms with van der Waals surface area (Å²) in [6.07, 6.45) is 0.892. The Hall–Kier alpha value is -1.37.